The van der Waals surface area contributed by atoms with Crippen LogP contribution in [0.3, 0.4) is 0 Å². The van der Waals surface area contributed by atoms with Gasteiger partial charge in [0.25, 0.3) is 0 Å². The summed E-state index contributed by atoms with van der Waals surface area (Å²) in [7, 11) is 0. The quantitative estimate of drug-likeness (QED) is 0.504. The predicted octanol–water partition coefficient (Wildman–Crippen LogP) is 2.07. The molecule has 0 aliphatic heterocycles. The molecular formula is C16H17N5. The maximum atomic E-state index is 6.01. The van der Waals surface area contributed by atoms with Crippen LogP contribution in [0.2, 0.25) is 0 Å². The number of hydrogen-bond donors (Lipinski definition) is 3. The summed E-state index contributed by atoms with van der Waals surface area (Å²) in [5, 5.41) is 2.16. The van der Waals surface area contributed by atoms with Crippen LogP contribution in [0.4, 0.5) is 5.82 Å². The minimum atomic E-state index is -0.302. The van der Waals surface area contributed by atoms with Gasteiger partial charge in [0.05, 0.1) is 11.7 Å². The second-order valence-electron chi connectivity index (χ2n) is 5.00. The SMILES string of the molecule is Cc1cnc(N)c(C(NN)c2nccc3ccccc23)c1. The van der Waals surface area contributed by atoms with Crippen molar-refractivity contribution in [3.05, 3.63) is 65.6 Å². The lowest BCUT2D eigenvalue weighted by Crippen LogP contribution is -2.30. The number of anilines is 1. The molecule has 0 aliphatic carbocycles. The lowest BCUT2D eigenvalue weighted by Gasteiger charge is -2.19. The molecule has 106 valence electrons. The van der Waals surface area contributed by atoms with Crippen molar-refractivity contribution in [3.8, 4) is 0 Å². The van der Waals surface area contributed by atoms with Gasteiger partial charge >= 0.3 is 0 Å². The number of benzene rings is 1. The Kier molecular flexibility index (Phi) is 3.51. The third-order valence-corrected chi connectivity index (χ3v) is 3.54. The first-order valence-corrected chi connectivity index (χ1v) is 6.72. The van der Waals surface area contributed by atoms with Crippen molar-refractivity contribution >= 4 is 16.6 Å². The van der Waals surface area contributed by atoms with Crippen LogP contribution in [0, 0.1) is 6.92 Å². The van der Waals surface area contributed by atoms with Crippen LogP contribution in [0.1, 0.15) is 22.9 Å². The number of nitrogens with zero attached hydrogens (tertiary/aromatic N) is 2. The molecule has 5 heteroatoms. The van der Waals surface area contributed by atoms with E-state index in [1.165, 1.54) is 0 Å². The Morgan fingerprint density at radius 3 is 2.76 bits per heavy atom. The van der Waals surface area contributed by atoms with Gasteiger partial charge in [0.2, 0.25) is 0 Å². The first-order chi connectivity index (χ1) is 10.2. The Morgan fingerprint density at radius 1 is 1.14 bits per heavy atom. The molecule has 5 nitrogen and oxygen atoms in total. The number of hydrogen-bond acceptors (Lipinski definition) is 5. The summed E-state index contributed by atoms with van der Waals surface area (Å²) in [4.78, 5) is 8.71. The molecule has 1 unspecified atom stereocenters. The van der Waals surface area contributed by atoms with Crippen molar-refractivity contribution in [2.45, 2.75) is 13.0 Å². The van der Waals surface area contributed by atoms with E-state index in [-0.39, 0.29) is 6.04 Å². The summed E-state index contributed by atoms with van der Waals surface area (Å²) in [6.07, 6.45) is 3.52. The normalized spacial score (nSPS) is 12.5. The topological polar surface area (TPSA) is 89.8 Å². The number of aryl methyl sites for hydroxylation is 1. The lowest BCUT2D eigenvalue weighted by molar-refractivity contribution is 0.625. The van der Waals surface area contributed by atoms with Crippen LogP contribution in [0.25, 0.3) is 10.8 Å². The molecule has 1 aromatic carbocycles. The van der Waals surface area contributed by atoms with E-state index in [0.29, 0.717) is 5.82 Å². The Labute approximate surface area is 123 Å². The molecule has 0 saturated heterocycles. The van der Waals surface area contributed by atoms with Gasteiger partial charge in [-0.3, -0.25) is 10.8 Å². The number of aromatic nitrogens is 2. The van der Waals surface area contributed by atoms with Gasteiger partial charge in [-0.25, -0.2) is 10.4 Å². The fraction of sp³-hybridized carbons (Fsp3) is 0.125. The summed E-state index contributed by atoms with van der Waals surface area (Å²) in [6.45, 7) is 1.97. The Morgan fingerprint density at radius 2 is 1.95 bits per heavy atom. The molecule has 0 saturated carbocycles. The molecule has 0 amide bonds. The van der Waals surface area contributed by atoms with Crippen LogP contribution < -0.4 is 17.0 Å². The van der Waals surface area contributed by atoms with Crippen LogP contribution in [0.5, 0.6) is 0 Å². The Bertz CT molecular complexity index is 779. The van der Waals surface area contributed by atoms with Crippen LogP contribution in [-0.4, -0.2) is 9.97 Å². The average molecular weight is 279 g/mol. The van der Waals surface area contributed by atoms with Crippen LogP contribution >= 0.6 is 0 Å². The van der Waals surface area contributed by atoms with E-state index >= 15 is 0 Å². The van der Waals surface area contributed by atoms with Gasteiger partial charge in [-0.15, -0.1) is 0 Å². The highest BCUT2D eigenvalue weighted by molar-refractivity contribution is 5.85. The van der Waals surface area contributed by atoms with Gasteiger partial charge in [-0.2, -0.15) is 0 Å². The maximum Gasteiger partial charge on any atom is 0.128 e. The Hall–Kier alpha value is -2.50. The molecule has 0 fully saturated rings. The van der Waals surface area contributed by atoms with Crippen molar-refractivity contribution < 1.29 is 0 Å². The molecule has 5 N–H and O–H groups in total. The third kappa shape index (κ3) is 2.44. The maximum absolute atomic E-state index is 6.01. The number of pyridine rings is 2. The molecule has 0 aliphatic rings. The van der Waals surface area contributed by atoms with E-state index in [1.807, 2.05) is 43.3 Å². The van der Waals surface area contributed by atoms with E-state index < -0.39 is 0 Å². The molecular weight excluding hydrogens is 262 g/mol. The zero-order valence-corrected chi connectivity index (χ0v) is 11.7. The summed E-state index contributed by atoms with van der Waals surface area (Å²) < 4.78 is 0. The largest absolute Gasteiger partial charge is 0.383 e. The highest BCUT2D eigenvalue weighted by Crippen LogP contribution is 2.29. The summed E-state index contributed by atoms with van der Waals surface area (Å²) in [5.41, 5.74) is 11.5. The smallest absolute Gasteiger partial charge is 0.128 e. The molecule has 3 rings (SSSR count). The van der Waals surface area contributed by atoms with E-state index in [4.69, 9.17) is 11.6 Å². The molecule has 1 atom stereocenters. The number of fused-ring (bicyclic) bond motifs is 1. The van der Waals surface area contributed by atoms with E-state index in [1.54, 1.807) is 12.4 Å². The van der Waals surface area contributed by atoms with E-state index in [2.05, 4.69) is 15.4 Å². The number of nitrogens with two attached hydrogens (primary N) is 2. The second-order valence-corrected chi connectivity index (χ2v) is 5.00. The highest BCUT2D eigenvalue weighted by atomic mass is 15.2. The lowest BCUT2D eigenvalue weighted by atomic mass is 9.98. The Balaban J connectivity index is 2.21. The third-order valence-electron chi connectivity index (χ3n) is 3.54. The first kappa shape index (κ1) is 13.5. The summed E-state index contributed by atoms with van der Waals surface area (Å²) in [6, 6.07) is 11.7. The van der Waals surface area contributed by atoms with Gasteiger partial charge in [-0.1, -0.05) is 24.3 Å². The molecule has 2 heterocycles. The van der Waals surface area contributed by atoms with Crippen LogP contribution in [-0.2, 0) is 0 Å². The summed E-state index contributed by atoms with van der Waals surface area (Å²) in [5.74, 6) is 6.23. The fourth-order valence-corrected chi connectivity index (χ4v) is 2.52. The molecule has 3 aromatic rings. The van der Waals surface area contributed by atoms with Crippen LogP contribution in [0.15, 0.2) is 48.8 Å². The molecule has 0 bridgehead atoms. The van der Waals surface area contributed by atoms with Crippen molar-refractivity contribution in [3.63, 3.8) is 0 Å². The number of nitrogens with one attached hydrogen (secondary N) is 1. The molecule has 0 spiro atoms. The minimum absolute atomic E-state index is 0.302. The number of hydrazine groups is 1. The van der Waals surface area contributed by atoms with Crippen molar-refractivity contribution in [2.24, 2.45) is 5.84 Å². The highest BCUT2D eigenvalue weighted by Gasteiger charge is 2.19. The zero-order chi connectivity index (χ0) is 14.8. The average Bonchev–Trinajstić information content (AvgIpc) is 2.51. The first-order valence-electron chi connectivity index (χ1n) is 6.72. The predicted molar refractivity (Wildman–Crippen MR) is 84.3 cm³/mol. The van der Waals surface area contributed by atoms with Gasteiger partial charge in [0.1, 0.15) is 5.82 Å². The van der Waals surface area contributed by atoms with Gasteiger partial charge in [0.15, 0.2) is 0 Å². The number of rotatable bonds is 3. The monoisotopic (exact) mass is 279 g/mol. The van der Waals surface area contributed by atoms with Crippen molar-refractivity contribution in [1.29, 1.82) is 0 Å². The van der Waals surface area contributed by atoms with Gasteiger partial charge in [-0.05, 0) is 30.0 Å². The standard InChI is InChI=1S/C16H17N5/c1-10-8-13(16(17)20-9-10)15(21-18)14-12-5-3-2-4-11(12)6-7-19-14/h2-9,15,21H,18H2,1H3,(H2,17,20). The minimum Gasteiger partial charge on any atom is -0.383 e. The van der Waals surface area contributed by atoms with E-state index in [0.717, 1.165) is 27.6 Å². The van der Waals surface area contributed by atoms with Gasteiger partial charge in [0, 0.05) is 23.3 Å². The summed E-state index contributed by atoms with van der Waals surface area (Å²) >= 11 is 0. The molecule has 21 heavy (non-hydrogen) atoms. The fourth-order valence-electron chi connectivity index (χ4n) is 2.52. The van der Waals surface area contributed by atoms with E-state index in [9.17, 15) is 0 Å². The molecule has 0 radical (unpaired) electrons. The molecule has 2 aromatic heterocycles. The second kappa shape index (κ2) is 5.47. The van der Waals surface area contributed by atoms with Gasteiger partial charge < -0.3 is 5.73 Å². The van der Waals surface area contributed by atoms with Crippen molar-refractivity contribution in [1.82, 2.24) is 15.4 Å². The zero-order valence-electron chi connectivity index (χ0n) is 11.7. The number of nitrogen functional groups attached to an aromatic ring is 1. The van der Waals surface area contributed by atoms with Crippen molar-refractivity contribution in [2.75, 3.05) is 5.73 Å².